The van der Waals surface area contributed by atoms with Crippen molar-refractivity contribution in [2.24, 2.45) is 0 Å². The number of carbonyl (C=O) groups is 1. The molecule has 0 bridgehead atoms. The van der Waals surface area contributed by atoms with Gasteiger partial charge in [0.05, 0.1) is 0 Å². The van der Waals surface area contributed by atoms with E-state index in [2.05, 4.69) is 0 Å². The number of alkyl halides is 1. The van der Waals surface area contributed by atoms with Gasteiger partial charge in [0.2, 0.25) is 0 Å². The Morgan fingerprint density at radius 2 is 2.31 bits per heavy atom. The molecule has 0 saturated carbocycles. The standard InChI is InChI=1S/C8H8INO3/c1-9-8(11)6-3-2-4-7(5-6)10(12)13/h2-5,12H,1H3/q-2. The minimum absolute atomic E-state index is 0.0579. The molecular weight excluding hydrogens is 285 g/mol. The van der Waals surface area contributed by atoms with Crippen LogP contribution in [0.15, 0.2) is 24.3 Å². The van der Waals surface area contributed by atoms with Gasteiger partial charge in [0.25, 0.3) is 0 Å². The summed E-state index contributed by atoms with van der Waals surface area (Å²) in [5.41, 5.74) is 0.575. The van der Waals surface area contributed by atoms with E-state index in [1.165, 1.54) is 12.1 Å². The number of carbonyl (C=O) groups excluding carboxylic acids is 1. The van der Waals surface area contributed by atoms with Gasteiger partial charge >= 0.3 is 85.9 Å². The third-order valence-corrected chi connectivity index (χ3v) is 3.07. The summed E-state index contributed by atoms with van der Waals surface area (Å²) in [5, 5.41) is 18.8. The maximum absolute atomic E-state index is 11.2. The van der Waals surface area contributed by atoms with E-state index in [0.29, 0.717) is 5.56 Å². The molecule has 0 saturated heterocycles. The van der Waals surface area contributed by atoms with E-state index in [0.717, 1.165) is 0 Å². The number of benzene rings is 1. The van der Waals surface area contributed by atoms with Crippen LogP contribution in [0.1, 0.15) is 10.4 Å². The quantitative estimate of drug-likeness (QED) is 0.310. The molecule has 1 rings (SSSR count). The van der Waals surface area contributed by atoms with Crippen LogP contribution in [0.4, 0.5) is 5.69 Å². The molecule has 0 fully saturated rings. The van der Waals surface area contributed by atoms with Crippen molar-refractivity contribution in [3.05, 3.63) is 35.0 Å². The zero-order valence-electron chi connectivity index (χ0n) is 6.90. The van der Waals surface area contributed by atoms with Gasteiger partial charge in [-0.3, -0.25) is 0 Å². The summed E-state index contributed by atoms with van der Waals surface area (Å²) >= 11 is -0.508. The Kier molecular flexibility index (Phi) is 3.64. The van der Waals surface area contributed by atoms with Crippen molar-refractivity contribution < 1.29 is 31.2 Å². The monoisotopic (exact) mass is 293 g/mol. The van der Waals surface area contributed by atoms with Crippen LogP contribution in [0.25, 0.3) is 0 Å². The number of rotatable bonds is 3. The average Bonchev–Trinajstić information content (AvgIpc) is 2.17. The van der Waals surface area contributed by atoms with E-state index in [-0.39, 0.29) is 14.7 Å². The molecule has 72 valence electrons. The molecule has 0 aromatic heterocycles. The molecule has 0 heterocycles. The molecule has 0 aliphatic rings. The number of hydrogen-bond acceptors (Lipinski definition) is 4. The molecule has 0 atom stereocenters. The topological polar surface area (TPSA) is 63.6 Å². The maximum atomic E-state index is 11.2. The summed E-state index contributed by atoms with van der Waals surface area (Å²) in [7, 11) is 0. The van der Waals surface area contributed by atoms with E-state index < -0.39 is 21.2 Å². The predicted molar refractivity (Wildman–Crippen MR) is 44.3 cm³/mol. The molecule has 1 aromatic carbocycles. The summed E-state index contributed by atoms with van der Waals surface area (Å²) in [5.74, 6) is 0. The third-order valence-electron chi connectivity index (χ3n) is 1.47. The van der Waals surface area contributed by atoms with Crippen LogP contribution in [-0.2, 0) is 0 Å². The van der Waals surface area contributed by atoms with Crippen molar-refractivity contribution in [3.8, 4) is 0 Å². The van der Waals surface area contributed by atoms with Crippen molar-refractivity contribution in [1.82, 2.24) is 0 Å². The van der Waals surface area contributed by atoms with Crippen LogP contribution in [-0.4, -0.2) is 13.9 Å². The van der Waals surface area contributed by atoms with Crippen LogP contribution in [0.3, 0.4) is 0 Å². The van der Waals surface area contributed by atoms with Gasteiger partial charge in [-0.1, -0.05) is 0 Å². The molecular formula is C8H8INO3-2. The molecule has 1 aromatic rings. The molecule has 1 N–H and O–H groups in total. The van der Waals surface area contributed by atoms with Gasteiger partial charge in [-0.15, -0.1) is 0 Å². The molecule has 4 nitrogen and oxygen atoms in total. The molecule has 13 heavy (non-hydrogen) atoms. The van der Waals surface area contributed by atoms with Crippen molar-refractivity contribution in [1.29, 1.82) is 0 Å². The second-order valence-electron chi connectivity index (χ2n) is 2.29. The van der Waals surface area contributed by atoms with Crippen LogP contribution < -0.4 is 26.4 Å². The SMILES string of the molecule is C[I-]C(=O)c1cccc(N([O-])O)c1. The van der Waals surface area contributed by atoms with E-state index in [1.807, 2.05) is 4.93 Å². The van der Waals surface area contributed by atoms with Gasteiger partial charge < -0.3 is 0 Å². The predicted octanol–water partition coefficient (Wildman–Crippen LogP) is -1.76. The van der Waals surface area contributed by atoms with E-state index in [4.69, 9.17) is 5.21 Å². The van der Waals surface area contributed by atoms with Crippen molar-refractivity contribution in [2.45, 2.75) is 0 Å². The Labute approximate surface area is 86.0 Å². The number of anilines is 1. The zero-order chi connectivity index (χ0) is 9.84. The fourth-order valence-electron chi connectivity index (χ4n) is 0.856. The van der Waals surface area contributed by atoms with E-state index in [1.54, 1.807) is 12.1 Å². The summed E-state index contributed by atoms with van der Waals surface area (Å²) in [6, 6.07) is 6.04. The number of halogens is 1. The molecule has 5 heteroatoms. The van der Waals surface area contributed by atoms with Gasteiger partial charge in [0.1, 0.15) is 0 Å². The Morgan fingerprint density at radius 3 is 2.85 bits per heavy atom. The van der Waals surface area contributed by atoms with Crippen LogP contribution in [0.2, 0.25) is 0 Å². The minimum atomic E-state index is -0.508. The van der Waals surface area contributed by atoms with Crippen LogP contribution >= 0.6 is 0 Å². The molecule has 0 aliphatic carbocycles. The third kappa shape index (κ3) is 2.64. The molecule has 0 unspecified atom stereocenters. The average molecular weight is 293 g/mol. The second kappa shape index (κ2) is 4.54. The van der Waals surface area contributed by atoms with E-state index in [9.17, 15) is 10.0 Å². The number of nitrogens with zero attached hydrogens (tertiary/aromatic N) is 1. The number of hydrogen-bond donors (Lipinski definition) is 1. The normalized spacial score (nSPS) is 10.1. The van der Waals surface area contributed by atoms with Gasteiger partial charge in [-0.05, 0) is 0 Å². The molecule has 0 aliphatic heterocycles. The van der Waals surface area contributed by atoms with Crippen molar-refractivity contribution in [3.63, 3.8) is 0 Å². The summed E-state index contributed by atoms with van der Waals surface area (Å²) < 4.78 is 0.0579. The Bertz CT molecular complexity index is 314. The van der Waals surface area contributed by atoms with Crippen molar-refractivity contribution >= 4 is 9.48 Å². The first-order chi connectivity index (χ1) is 6.15. The molecule has 0 radical (unpaired) electrons. The first-order valence-corrected chi connectivity index (χ1v) is 6.68. The molecule has 0 amide bonds. The Hall–Kier alpha value is -0.660. The molecule has 0 spiro atoms. The summed E-state index contributed by atoms with van der Waals surface area (Å²) in [4.78, 5) is 13.1. The zero-order valence-corrected chi connectivity index (χ0v) is 9.06. The fourth-order valence-corrected chi connectivity index (χ4v) is 1.81. The van der Waals surface area contributed by atoms with Gasteiger partial charge in [-0.25, -0.2) is 0 Å². The van der Waals surface area contributed by atoms with Crippen molar-refractivity contribution in [2.75, 3.05) is 10.2 Å². The van der Waals surface area contributed by atoms with Crippen LogP contribution in [0.5, 0.6) is 0 Å². The van der Waals surface area contributed by atoms with Gasteiger partial charge in [0, 0.05) is 0 Å². The van der Waals surface area contributed by atoms with Gasteiger partial charge in [0.15, 0.2) is 0 Å². The second-order valence-corrected chi connectivity index (χ2v) is 4.34. The fraction of sp³-hybridized carbons (Fsp3) is 0.125. The van der Waals surface area contributed by atoms with E-state index >= 15 is 0 Å². The Balaban J connectivity index is 2.98. The first-order valence-electron chi connectivity index (χ1n) is 3.45. The first kappa shape index (κ1) is 10.4. The van der Waals surface area contributed by atoms with Gasteiger partial charge in [-0.2, -0.15) is 0 Å². The summed E-state index contributed by atoms with van der Waals surface area (Å²) in [6.45, 7) is 0. The summed E-state index contributed by atoms with van der Waals surface area (Å²) in [6.07, 6.45) is 0. The Morgan fingerprint density at radius 1 is 1.62 bits per heavy atom. The van der Waals surface area contributed by atoms with Crippen LogP contribution in [0, 0.1) is 5.21 Å².